The van der Waals surface area contributed by atoms with Crippen molar-refractivity contribution in [1.29, 1.82) is 0 Å². The van der Waals surface area contributed by atoms with Crippen molar-refractivity contribution < 1.29 is 48.0 Å². The molecule has 0 radical (unpaired) electrons. The van der Waals surface area contributed by atoms with Gasteiger partial charge in [-0.3, -0.25) is 0 Å². The molecule has 2 atom stereocenters. The summed E-state index contributed by atoms with van der Waals surface area (Å²) >= 11 is -1.08. The average Bonchev–Trinajstić information content (AvgIpc) is 3.61. The van der Waals surface area contributed by atoms with Gasteiger partial charge in [0.15, 0.2) is 0 Å². The van der Waals surface area contributed by atoms with Gasteiger partial charge in [-0.15, -0.1) is 0 Å². The Balaban J connectivity index is 0.00000132. The van der Waals surface area contributed by atoms with E-state index in [2.05, 4.69) is 121 Å². The first-order chi connectivity index (χ1) is 18.5. The second-order valence-electron chi connectivity index (χ2n) is 12.0. The van der Waals surface area contributed by atoms with Gasteiger partial charge >= 0.3 is 237 Å². The fraction of sp³-hybridized carbons (Fsp3) is 0.176. The van der Waals surface area contributed by atoms with Gasteiger partial charge in [0.05, 0.1) is 0 Å². The van der Waals surface area contributed by atoms with Gasteiger partial charge in [-0.05, 0) is 0 Å². The molecule has 0 saturated heterocycles. The van der Waals surface area contributed by atoms with Crippen molar-refractivity contribution in [3.05, 3.63) is 107 Å². The molecule has 0 saturated carbocycles. The third-order valence-electron chi connectivity index (χ3n) is 9.92. The fourth-order valence-corrected chi connectivity index (χ4v) is 16.6. The molecule has 1 aliphatic heterocycles. The topological polar surface area (TPSA) is 9.86 Å². The predicted molar refractivity (Wildman–Crippen MR) is 157 cm³/mol. The van der Waals surface area contributed by atoms with Crippen LogP contribution < -0.4 is 31.4 Å². The predicted octanol–water partition coefficient (Wildman–Crippen LogP) is 0.736. The number of hydrogen-bond acceptors (Lipinski definition) is 0. The van der Waals surface area contributed by atoms with Crippen LogP contribution in [0.3, 0.4) is 0 Å². The fourth-order valence-electron chi connectivity index (χ4n) is 8.56. The van der Waals surface area contributed by atoms with Crippen molar-refractivity contribution in [2.24, 2.45) is 14.1 Å². The van der Waals surface area contributed by atoms with E-state index >= 15 is 0 Å². The normalized spacial score (nSPS) is 18.3. The molecular formula is C34H28Cl2N2SiZr. The van der Waals surface area contributed by atoms with E-state index in [1.807, 2.05) is 0 Å². The number of nitrogens with zero attached hydrogens (tertiary/aromatic N) is 2. The number of halogens is 2. The number of benzene rings is 4. The van der Waals surface area contributed by atoms with Gasteiger partial charge in [0.25, 0.3) is 0 Å². The molecule has 0 amide bonds. The van der Waals surface area contributed by atoms with Crippen LogP contribution >= 0.6 is 0 Å². The molecule has 40 heavy (non-hydrogen) atoms. The zero-order chi connectivity index (χ0) is 25.5. The zero-order valence-corrected chi connectivity index (χ0v) is 27.9. The largest absolute Gasteiger partial charge is 1.00 e. The monoisotopic (exact) mass is 652 g/mol. The van der Waals surface area contributed by atoms with Crippen LogP contribution in [0.15, 0.2) is 84.9 Å². The Morgan fingerprint density at radius 2 is 1.00 bits per heavy atom. The molecule has 0 bridgehead atoms. The van der Waals surface area contributed by atoms with Crippen LogP contribution in [0.4, 0.5) is 0 Å². The van der Waals surface area contributed by atoms with Crippen molar-refractivity contribution in [3.8, 4) is 22.5 Å². The molecule has 0 N–H and O–H groups in total. The number of fused-ring (bicyclic) bond motifs is 6. The Bertz CT molecular complexity index is 1890. The van der Waals surface area contributed by atoms with E-state index in [1.54, 1.807) is 39.6 Å². The SMILES string of the molecule is Cn1c2c3c4[c](cccc41)[Zr+2][c]1cccc4c1c1c(n4C)-c4ccccc4C1[Si](C)(C)C3c1ccccc1-2.[Cl-].[Cl-]. The van der Waals surface area contributed by atoms with E-state index in [0.717, 1.165) is 0 Å². The van der Waals surface area contributed by atoms with Crippen molar-refractivity contribution in [2.45, 2.75) is 24.2 Å². The smallest absolute Gasteiger partial charge is 1.00 e. The van der Waals surface area contributed by atoms with Gasteiger partial charge in [-0.25, -0.2) is 0 Å². The van der Waals surface area contributed by atoms with Crippen molar-refractivity contribution in [1.82, 2.24) is 9.13 Å². The molecule has 2 nitrogen and oxygen atoms in total. The number of hydrogen-bond donors (Lipinski definition) is 0. The Kier molecular flexibility index (Phi) is 5.85. The molecule has 6 heteroatoms. The molecule has 6 aromatic rings. The summed E-state index contributed by atoms with van der Waals surface area (Å²) in [5.74, 6) is 0. The zero-order valence-electron chi connectivity index (χ0n) is 22.9. The minimum absolute atomic E-state index is 0. The molecule has 9 rings (SSSR count). The van der Waals surface area contributed by atoms with E-state index in [0.29, 0.717) is 11.1 Å². The molecular weight excluding hydrogens is 627 g/mol. The van der Waals surface area contributed by atoms with Gasteiger partial charge in [-0.1, -0.05) is 0 Å². The second-order valence-corrected chi connectivity index (χ2v) is 20.1. The van der Waals surface area contributed by atoms with Crippen LogP contribution in [0, 0.1) is 0 Å². The van der Waals surface area contributed by atoms with E-state index in [4.69, 9.17) is 0 Å². The van der Waals surface area contributed by atoms with Crippen LogP contribution in [0.5, 0.6) is 0 Å². The van der Waals surface area contributed by atoms with Crippen LogP contribution in [0.2, 0.25) is 13.1 Å². The van der Waals surface area contributed by atoms with Crippen LogP contribution in [0.1, 0.15) is 33.3 Å². The van der Waals surface area contributed by atoms with Crippen molar-refractivity contribution >= 4 is 36.4 Å². The summed E-state index contributed by atoms with van der Waals surface area (Å²) in [7, 11) is 2.56. The third-order valence-corrected chi connectivity index (χ3v) is 17.5. The van der Waals surface area contributed by atoms with Crippen molar-refractivity contribution in [2.75, 3.05) is 0 Å². The average molecular weight is 655 g/mol. The summed E-state index contributed by atoms with van der Waals surface area (Å²) in [6, 6.07) is 33.0. The molecule has 2 aromatic heterocycles. The maximum absolute atomic E-state index is 2.70. The first-order valence-corrected chi connectivity index (χ1v) is 19.3. The minimum Gasteiger partial charge on any atom is -1.00 e. The first kappa shape index (κ1) is 26.5. The van der Waals surface area contributed by atoms with Gasteiger partial charge in [0, 0.05) is 0 Å². The molecule has 3 aliphatic rings. The number of aryl methyl sites for hydroxylation is 2. The van der Waals surface area contributed by atoms with Gasteiger partial charge in [-0.2, -0.15) is 0 Å². The summed E-state index contributed by atoms with van der Waals surface area (Å²) in [6.07, 6.45) is 0. The second kappa shape index (κ2) is 8.82. The molecule has 4 aromatic carbocycles. The van der Waals surface area contributed by atoms with E-state index in [-0.39, 0.29) is 24.8 Å². The standard InChI is InChI=1S/C34H28N2Si.2ClH.Zr/c1-35-27-19-11-9-17-25(27)29-31(35)21-13-5-7-15-23(21)33(29)37(3,4)34-24-16-8-6-14-22(24)32-30(34)26-18-10-12-20-28(26)36(32)2;;;/h5-16,19-20,33-34H,1-4H3;2*1H;/q;;;+2/p-2. The number of rotatable bonds is 0. The first-order valence-electron chi connectivity index (χ1n) is 13.7. The number of aromatic nitrogens is 2. The van der Waals surface area contributed by atoms with Gasteiger partial charge in [0.1, 0.15) is 0 Å². The Morgan fingerprint density at radius 3 is 1.45 bits per heavy atom. The summed E-state index contributed by atoms with van der Waals surface area (Å²) in [5, 5.41) is 3.17. The minimum atomic E-state index is -2.05. The molecule has 0 spiro atoms. The van der Waals surface area contributed by atoms with Crippen LogP contribution in [0.25, 0.3) is 44.3 Å². The summed E-state index contributed by atoms with van der Waals surface area (Å²) in [4.78, 5) is 0. The maximum Gasteiger partial charge on any atom is -1.00 e. The van der Waals surface area contributed by atoms with Crippen molar-refractivity contribution in [3.63, 3.8) is 0 Å². The summed E-state index contributed by atoms with van der Waals surface area (Å²) in [6.45, 7) is 5.40. The van der Waals surface area contributed by atoms with Crippen LogP contribution in [-0.2, 0) is 37.3 Å². The van der Waals surface area contributed by atoms with Gasteiger partial charge in [0.2, 0.25) is 0 Å². The Labute approximate surface area is 259 Å². The molecule has 2 aliphatic carbocycles. The molecule has 196 valence electrons. The maximum atomic E-state index is 2.70. The third kappa shape index (κ3) is 2.99. The molecule has 0 fully saturated rings. The van der Waals surface area contributed by atoms with E-state index in [1.165, 1.54) is 33.5 Å². The molecule has 2 unspecified atom stereocenters. The van der Waals surface area contributed by atoms with E-state index < -0.39 is 31.3 Å². The quantitative estimate of drug-likeness (QED) is 0.214. The Morgan fingerprint density at radius 1 is 0.575 bits per heavy atom. The molecule has 3 heterocycles. The summed E-state index contributed by atoms with van der Waals surface area (Å²) < 4.78 is 8.34. The Hall–Kier alpha value is -2.36. The van der Waals surface area contributed by atoms with E-state index in [9.17, 15) is 0 Å². The van der Waals surface area contributed by atoms with Gasteiger partial charge < -0.3 is 24.8 Å². The van der Waals surface area contributed by atoms with Crippen LogP contribution in [-0.4, -0.2) is 17.2 Å². The summed E-state index contributed by atoms with van der Waals surface area (Å²) in [5.41, 5.74) is 16.1.